The lowest BCUT2D eigenvalue weighted by Gasteiger charge is -2.09. The Morgan fingerprint density at radius 3 is 2.40 bits per heavy atom. The molecule has 0 aromatic heterocycles. The van der Waals surface area contributed by atoms with Crippen molar-refractivity contribution in [3.8, 4) is 5.75 Å². The summed E-state index contributed by atoms with van der Waals surface area (Å²) in [7, 11) is 0. The Morgan fingerprint density at radius 2 is 1.85 bits per heavy atom. The maximum Gasteiger partial charge on any atom is 0.335 e. The minimum atomic E-state index is -0.983. The van der Waals surface area contributed by atoms with E-state index in [9.17, 15) is 9.18 Å². The second kappa shape index (κ2) is 6.06. The molecular formula is C15H14FNO3. The average Bonchev–Trinajstić information content (AvgIpc) is 2.42. The summed E-state index contributed by atoms with van der Waals surface area (Å²) in [5.74, 6) is -1.22. The number of nitrogens with one attached hydrogen (secondary N) is 1. The summed E-state index contributed by atoms with van der Waals surface area (Å²) in [6, 6.07) is 10.8. The third-order valence-corrected chi connectivity index (χ3v) is 2.65. The van der Waals surface area contributed by atoms with Gasteiger partial charge in [-0.2, -0.15) is 0 Å². The van der Waals surface area contributed by atoms with Crippen LogP contribution >= 0.6 is 0 Å². The number of ether oxygens (including phenoxy) is 1. The third kappa shape index (κ3) is 3.26. The molecule has 0 spiro atoms. The van der Waals surface area contributed by atoms with E-state index in [1.165, 1.54) is 18.2 Å². The standard InChI is InChI=1S/C15H14FNO3/c1-2-20-14-8-7-12(9-13(14)16)17-11-5-3-10(4-6-11)15(18)19/h3-9,17H,2H2,1H3,(H,18,19). The van der Waals surface area contributed by atoms with E-state index in [1.807, 2.05) is 0 Å². The van der Waals surface area contributed by atoms with Crippen LogP contribution in [0.5, 0.6) is 5.75 Å². The van der Waals surface area contributed by atoms with E-state index < -0.39 is 11.8 Å². The van der Waals surface area contributed by atoms with Gasteiger partial charge in [-0.15, -0.1) is 0 Å². The molecule has 0 saturated carbocycles. The molecule has 2 aromatic rings. The van der Waals surface area contributed by atoms with E-state index in [1.54, 1.807) is 31.2 Å². The van der Waals surface area contributed by atoms with Crippen LogP contribution in [0.25, 0.3) is 0 Å². The maximum atomic E-state index is 13.7. The number of hydrogen-bond acceptors (Lipinski definition) is 3. The first-order valence-corrected chi connectivity index (χ1v) is 6.13. The summed E-state index contributed by atoms with van der Waals surface area (Å²) in [5.41, 5.74) is 1.45. The van der Waals surface area contributed by atoms with Crippen LogP contribution in [0.3, 0.4) is 0 Å². The number of anilines is 2. The van der Waals surface area contributed by atoms with Gasteiger partial charge in [0.2, 0.25) is 0 Å². The SMILES string of the molecule is CCOc1ccc(Nc2ccc(C(=O)O)cc2)cc1F. The fourth-order valence-electron chi connectivity index (χ4n) is 1.71. The van der Waals surface area contributed by atoms with Crippen LogP contribution in [0.4, 0.5) is 15.8 Å². The van der Waals surface area contributed by atoms with Crippen LogP contribution in [0.1, 0.15) is 17.3 Å². The van der Waals surface area contributed by atoms with Crippen molar-refractivity contribution in [2.24, 2.45) is 0 Å². The Morgan fingerprint density at radius 1 is 1.20 bits per heavy atom. The first-order valence-electron chi connectivity index (χ1n) is 6.13. The lowest BCUT2D eigenvalue weighted by Crippen LogP contribution is -1.98. The lowest BCUT2D eigenvalue weighted by molar-refractivity contribution is 0.0697. The Labute approximate surface area is 115 Å². The fraction of sp³-hybridized carbons (Fsp3) is 0.133. The number of carbonyl (C=O) groups is 1. The average molecular weight is 275 g/mol. The number of rotatable bonds is 5. The van der Waals surface area contributed by atoms with E-state index in [-0.39, 0.29) is 11.3 Å². The second-order valence-corrected chi connectivity index (χ2v) is 4.09. The molecule has 0 bridgehead atoms. The van der Waals surface area contributed by atoms with E-state index >= 15 is 0 Å². The number of aromatic carboxylic acids is 1. The van der Waals surface area contributed by atoms with Gasteiger partial charge in [-0.3, -0.25) is 0 Å². The topological polar surface area (TPSA) is 58.6 Å². The highest BCUT2D eigenvalue weighted by atomic mass is 19.1. The van der Waals surface area contributed by atoms with Crippen LogP contribution in [0, 0.1) is 5.82 Å². The predicted octanol–water partition coefficient (Wildman–Crippen LogP) is 3.67. The highest BCUT2D eigenvalue weighted by molar-refractivity contribution is 5.88. The summed E-state index contributed by atoms with van der Waals surface area (Å²) >= 11 is 0. The number of carboxylic acid groups (broad SMARTS) is 1. The van der Waals surface area contributed by atoms with Gasteiger partial charge in [-0.05, 0) is 43.3 Å². The minimum absolute atomic E-state index is 0.202. The minimum Gasteiger partial charge on any atom is -0.491 e. The highest BCUT2D eigenvalue weighted by Crippen LogP contribution is 2.24. The van der Waals surface area contributed by atoms with Crippen molar-refractivity contribution in [2.75, 3.05) is 11.9 Å². The van der Waals surface area contributed by atoms with Gasteiger partial charge in [0.05, 0.1) is 12.2 Å². The van der Waals surface area contributed by atoms with Gasteiger partial charge in [-0.1, -0.05) is 0 Å². The van der Waals surface area contributed by atoms with Gasteiger partial charge in [-0.25, -0.2) is 9.18 Å². The first kappa shape index (κ1) is 13.9. The van der Waals surface area contributed by atoms with Gasteiger partial charge in [0, 0.05) is 17.4 Å². The summed E-state index contributed by atoms with van der Waals surface area (Å²) in [5, 5.41) is 11.8. The molecule has 0 radical (unpaired) electrons. The van der Waals surface area contributed by atoms with Crippen molar-refractivity contribution in [1.82, 2.24) is 0 Å². The molecule has 2 rings (SSSR count). The van der Waals surface area contributed by atoms with E-state index in [2.05, 4.69) is 5.32 Å². The number of hydrogen-bond donors (Lipinski definition) is 2. The zero-order valence-corrected chi connectivity index (χ0v) is 10.9. The molecule has 0 fully saturated rings. The van der Waals surface area contributed by atoms with Crippen LogP contribution < -0.4 is 10.1 Å². The summed E-state index contributed by atoms with van der Waals surface area (Å²) in [4.78, 5) is 10.7. The van der Waals surface area contributed by atoms with Crippen LogP contribution in [-0.4, -0.2) is 17.7 Å². The van der Waals surface area contributed by atoms with Crippen molar-refractivity contribution in [3.63, 3.8) is 0 Å². The molecule has 0 atom stereocenters. The maximum absolute atomic E-state index is 13.7. The quantitative estimate of drug-likeness (QED) is 0.874. The molecule has 5 heteroatoms. The number of benzene rings is 2. The number of carboxylic acids is 1. The molecule has 0 unspecified atom stereocenters. The van der Waals surface area contributed by atoms with Gasteiger partial charge in [0.25, 0.3) is 0 Å². The van der Waals surface area contributed by atoms with E-state index in [0.29, 0.717) is 18.0 Å². The summed E-state index contributed by atoms with van der Waals surface area (Å²) < 4.78 is 18.8. The van der Waals surface area contributed by atoms with Crippen molar-refractivity contribution in [1.29, 1.82) is 0 Å². The molecule has 0 aliphatic heterocycles. The third-order valence-electron chi connectivity index (χ3n) is 2.65. The Bertz CT molecular complexity index is 611. The monoisotopic (exact) mass is 275 g/mol. The smallest absolute Gasteiger partial charge is 0.335 e. The fourth-order valence-corrected chi connectivity index (χ4v) is 1.71. The Hall–Kier alpha value is -2.56. The number of halogens is 1. The van der Waals surface area contributed by atoms with Crippen LogP contribution in [0.15, 0.2) is 42.5 Å². The first-order chi connectivity index (χ1) is 9.60. The van der Waals surface area contributed by atoms with Crippen molar-refractivity contribution in [3.05, 3.63) is 53.8 Å². The van der Waals surface area contributed by atoms with E-state index in [0.717, 1.165) is 0 Å². The van der Waals surface area contributed by atoms with Crippen molar-refractivity contribution < 1.29 is 19.0 Å². The predicted molar refractivity (Wildman–Crippen MR) is 74.3 cm³/mol. The molecule has 0 saturated heterocycles. The lowest BCUT2D eigenvalue weighted by atomic mass is 10.2. The molecule has 104 valence electrons. The molecule has 0 aliphatic rings. The van der Waals surface area contributed by atoms with Crippen LogP contribution in [-0.2, 0) is 0 Å². The second-order valence-electron chi connectivity index (χ2n) is 4.09. The summed E-state index contributed by atoms with van der Waals surface area (Å²) in [6.07, 6.45) is 0. The van der Waals surface area contributed by atoms with Crippen molar-refractivity contribution in [2.45, 2.75) is 6.92 Å². The zero-order valence-electron chi connectivity index (χ0n) is 10.9. The van der Waals surface area contributed by atoms with Crippen LogP contribution in [0.2, 0.25) is 0 Å². The summed E-state index contributed by atoms with van der Waals surface area (Å²) in [6.45, 7) is 2.19. The molecule has 2 aromatic carbocycles. The molecule has 0 heterocycles. The Kier molecular flexibility index (Phi) is 4.20. The molecule has 0 amide bonds. The van der Waals surface area contributed by atoms with Gasteiger partial charge >= 0.3 is 5.97 Å². The van der Waals surface area contributed by atoms with Crippen molar-refractivity contribution >= 4 is 17.3 Å². The molecular weight excluding hydrogens is 261 g/mol. The zero-order chi connectivity index (χ0) is 14.5. The van der Waals surface area contributed by atoms with Gasteiger partial charge < -0.3 is 15.2 Å². The molecule has 2 N–H and O–H groups in total. The molecule has 20 heavy (non-hydrogen) atoms. The van der Waals surface area contributed by atoms with Gasteiger partial charge in [0.1, 0.15) is 0 Å². The molecule has 0 aliphatic carbocycles. The Balaban J connectivity index is 2.13. The highest BCUT2D eigenvalue weighted by Gasteiger charge is 2.05. The largest absolute Gasteiger partial charge is 0.491 e. The van der Waals surface area contributed by atoms with Gasteiger partial charge in [0.15, 0.2) is 11.6 Å². The molecule has 4 nitrogen and oxygen atoms in total. The normalized spacial score (nSPS) is 10.1. The van der Waals surface area contributed by atoms with E-state index in [4.69, 9.17) is 9.84 Å².